The van der Waals surface area contributed by atoms with Crippen molar-refractivity contribution in [3.8, 4) is 11.8 Å². The fraction of sp³-hybridized carbons (Fsp3) is 0.444. The summed E-state index contributed by atoms with van der Waals surface area (Å²) in [6.45, 7) is 1.36. The zero-order valence-electron chi connectivity index (χ0n) is 16.1. The molecule has 0 spiro atoms. The molecule has 0 saturated carbocycles. The maximum Gasteiger partial charge on any atom is 0.573 e. The predicted molar refractivity (Wildman–Crippen MR) is 98.4 cm³/mol. The van der Waals surface area contributed by atoms with Gasteiger partial charge in [0.2, 0.25) is 5.91 Å². The van der Waals surface area contributed by atoms with E-state index in [1.165, 1.54) is 22.9 Å². The lowest BCUT2D eigenvalue weighted by molar-refractivity contribution is -0.389. The molecule has 1 aromatic carbocycles. The van der Waals surface area contributed by atoms with E-state index in [2.05, 4.69) is 15.0 Å². The second kappa shape index (κ2) is 8.06. The van der Waals surface area contributed by atoms with Crippen LogP contribution >= 0.6 is 0 Å². The van der Waals surface area contributed by atoms with Crippen LogP contribution in [0.25, 0.3) is 0 Å². The van der Waals surface area contributed by atoms with Crippen molar-refractivity contribution < 1.29 is 32.4 Å². The average Bonchev–Trinajstić information content (AvgIpc) is 3.10. The van der Waals surface area contributed by atoms with E-state index in [1.807, 2.05) is 4.90 Å². The Morgan fingerprint density at radius 3 is 2.94 bits per heavy atom. The summed E-state index contributed by atoms with van der Waals surface area (Å²) in [5, 5.41) is 13.6. The van der Waals surface area contributed by atoms with Crippen molar-refractivity contribution in [2.24, 2.45) is 0 Å². The number of nitro groups is 1. The number of carbonyl (C=O) groups is 1. The molecule has 0 fully saturated rings. The first-order valence-electron chi connectivity index (χ1n) is 9.40. The molecule has 0 unspecified atom stereocenters. The SMILES string of the molecule is O=C(CN1CCc2ccc(OC(F)(F)F)cc2C1)N[C@@H]1COc2nc([N+](=O)[O-])cn2C1. The predicted octanol–water partition coefficient (Wildman–Crippen LogP) is 1.63. The summed E-state index contributed by atoms with van der Waals surface area (Å²) in [6.07, 6.45) is -2.92. The number of fused-ring (bicyclic) bond motifs is 2. The largest absolute Gasteiger partial charge is 0.573 e. The first-order chi connectivity index (χ1) is 14.7. The number of alkyl halides is 3. The molecule has 0 saturated heterocycles. The quantitative estimate of drug-likeness (QED) is 0.554. The number of rotatable bonds is 5. The third-order valence-electron chi connectivity index (χ3n) is 4.98. The zero-order valence-corrected chi connectivity index (χ0v) is 16.1. The molecule has 0 radical (unpaired) electrons. The molecule has 10 nitrogen and oxygen atoms in total. The highest BCUT2D eigenvalue weighted by atomic mass is 19.4. The van der Waals surface area contributed by atoms with Crippen LogP contribution in [0.1, 0.15) is 11.1 Å². The Bertz CT molecular complexity index is 1010. The van der Waals surface area contributed by atoms with Crippen LogP contribution in [0, 0.1) is 10.1 Å². The normalized spacial score (nSPS) is 18.5. The standard InChI is InChI=1S/C18H18F3N5O5/c19-18(20,21)31-14-2-1-11-3-4-24(6-12(11)5-14)9-16(27)22-13-7-25-8-15(26(28)29)23-17(25)30-10-13/h1-2,5,8,13H,3-4,6-7,9-10H2,(H,22,27)/t13-/m0/s1. The minimum absolute atomic E-state index is 0.0528. The first-order valence-corrected chi connectivity index (χ1v) is 9.40. The van der Waals surface area contributed by atoms with Crippen molar-refractivity contribution >= 4 is 11.7 Å². The number of ether oxygens (including phenoxy) is 2. The van der Waals surface area contributed by atoms with Crippen molar-refractivity contribution in [3.63, 3.8) is 0 Å². The van der Waals surface area contributed by atoms with Gasteiger partial charge in [0.15, 0.2) is 0 Å². The van der Waals surface area contributed by atoms with Crippen LogP contribution in [0.2, 0.25) is 0 Å². The van der Waals surface area contributed by atoms with E-state index in [9.17, 15) is 28.1 Å². The lowest BCUT2D eigenvalue weighted by atomic mass is 9.99. The summed E-state index contributed by atoms with van der Waals surface area (Å²) < 4.78 is 48.1. The van der Waals surface area contributed by atoms with Gasteiger partial charge in [0, 0.05) is 18.1 Å². The van der Waals surface area contributed by atoms with Gasteiger partial charge in [0.1, 0.15) is 18.6 Å². The molecule has 3 heterocycles. The topological polar surface area (TPSA) is 112 Å². The third kappa shape index (κ3) is 5.05. The summed E-state index contributed by atoms with van der Waals surface area (Å²) in [4.78, 5) is 28.2. The van der Waals surface area contributed by atoms with Gasteiger partial charge in [0.25, 0.3) is 0 Å². The van der Waals surface area contributed by atoms with Crippen LogP contribution in [0.4, 0.5) is 19.0 Å². The Morgan fingerprint density at radius 1 is 1.39 bits per heavy atom. The van der Waals surface area contributed by atoms with Crippen LogP contribution in [0.3, 0.4) is 0 Å². The Morgan fingerprint density at radius 2 is 2.19 bits per heavy atom. The number of aromatic nitrogens is 2. The van der Waals surface area contributed by atoms with Crippen LogP contribution in [-0.4, -0.2) is 57.4 Å². The molecule has 2 aliphatic rings. The molecule has 4 rings (SSSR count). The van der Waals surface area contributed by atoms with E-state index < -0.39 is 17.3 Å². The number of hydrogen-bond donors (Lipinski definition) is 1. The molecule has 166 valence electrons. The van der Waals surface area contributed by atoms with Crippen LogP contribution in [-0.2, 0) is 24.3 Å². The summed E-state index contributed by atoms with van der Waals surface area (Å²) >= 11 is 0. The van der Waals surface area contributed by atoms with Crippen LogP contribution in [0.5, 0.6) is 11.8 Å². The maximum atomic E-state index is 12.5. The summed E-state index contributed by atoms with van der Waals surface area (Å²) in [5.41, 5.74) is 1.60. The monoisotopic (exact) mass is 441 g/mol. The Hall–Kier alpha value is -3.35. The Balaban J connectivity index is 1.32. The summed E-state index contributed by atoms with van der Waals surface area (Å²) in [6, 6.07) is 3.97. The average molecular weight is 441 g/mol. The van der Waals surface area contributed by atoms with Crippen molar-refractivity contribution in [1.82, 2.24) is 19.8 Å². The number of imidazole rings is 1. The van der Waals surface area contributed by atoms with E-state index in [1.54, 1.807) is 6.07 Å². The number of benzene rings is 1. The Kier molecular flexibility index (Phi) is 5.43. The smallest absolute Gasteiger partial charge is 0.444 e. The third-order valence-corrected chi connectivity index (χ3v) is 4.98. The minimum Gasteiger partial charge on any atom is -0.444 e. The van der Waals surface area contributed by atoms with E-state index in [0.29, 0.717) is 25.1 Å². The number of carbonyl (C=O) groups excluding carboxylic acids is 1. The highest BCUT2D eigenvalue weighted by molar-refractivity contribution is 5.78. The lowest BCUT2D eigenvalue weighted by Gasteiger charge is -2.29. The molecule has 2 aliphatic heterocycles. The second-order valence-electron chi connectivity index (χ2n) is 7.31. The zero-order chi connectivity index (χ0) is 22.2. The second-order valence-corrected chi connectivity index (χ2v) is 7.31. The number of nitrogens with zero attached hydrogens (tertiary/aromatic N) is 4. The van der Waals surface area contributed by atoms with Gasteiger partial charge < -0.3 is 24.9 Å². The van der Waals surface area contributed by atoms with E-state index in [0.717, 1.165) is 5.56 Å². The van der Waals surface area contributed by atoms with Crippen molar-refractivity contribution in [2.75, 3.05) is 19.7 Å². The number of nitrogens with one attached hydrogen (secondary N) is 1. The van der Waals surface area contributed by atoms with Crippen LogP contribution < -0.4 is 14.8 Å². The van der Waals surface area contributed by atoms with Gasteiger partial charge in [-0.15, -0.1) is 13.2 Å². The molecule has 1 N–H and O–H groups in total. The first kappa shape index (κ1) is 20.9. The fourth-order valence-corrected chi connectivity index (χ4v) is 3.67. The summed E-state index contributed by atoms with van der Waals surface area (Å²) in [5.74, 6) is -0.900. The molecular formula is C18H18F3N5O5. The lowest BCUT2D eigenvalue weighted by Crippen LogP contribution is -2.48. The van der Waals surface area contributed by atoms with Gasteiger partial charge in [-0.1, -0.05) is 6.07 Å². The number of hydrogen-bond acceptors (Lipinski definition) is 7. The Labute approximate surface area is 173 Å². The van der Waals surface area contributed by atoms with Crippen molar-refractivity contribution in [1.29, 1.82) is 0 Å². The highest BCUT2D eigenvalue weighted by Gasteiger charge is 2.32. The van der Waals surface area contributed by atoms with E-state index >= 15 is 0 Å². The number of halogens is 3. The highest BCUT2D eigenvalue weighted by Crippen LogP contribution is 2.28. The fourth-order valence-electron chi connectivity index (χ4n) is 3.67. The molecule has 0 aliphatic carbocycles. The molecule has 31 heavy (non-hydrogen) atoms. The van der Waals surface area contributed by atoms with Crippen molar-refractivity contribution in [2.45, 2.75) is 31.9 Å². The molecule has 1 aromatic heterocycles. The summed E-state index contributed by atoms with van der Waals surface area (Å²) in [7, 11) is 0. The van der Waals surface area contributed by atoms with Gasteiger partial charge in [-0.25, -0.2) is 0 Å². The van der Waals surface area contributed by atoms with Gasteiger partial charge >= 0.3 is 18.2 Å². The van der Waals surface area contributed by atoms with Gasteiger partial charge in [-0.3, -0.25) is 14.3 Å². The van der Waals surface area contributed by atoms with E-state index in [-0.39, 0.29) is 43.2 Å². The minimum atomic E-state index is -4.76. The number of amides is 1. The molecule has 13 heteroatoms. The maximum absolute atomic E-state index is 12.5. The van der Waals surface area contributed by atoms with E-state index in [4.69, 9.17) is 4.74 Å². The van der Waals surface area contributed by atoms with Gasteiger partial charge in [0.05, 0.1) is 19.1 Å². The molecule has 1 atom stereocenters. The van der Waals surface area contributed by atoms with Crippen molar-refractivity contribution in [3.05, 3.63) is 45.6 Å². The molecule has 2 aromatic rings. The van der Waals surface area contributed by atoms with Gasteiger partial charge in [-0.05, 0) is 34.6 Å². The van der Waals surface area contributed by atoms with Gasteiger partial charge in [-0.2, -0.15) is 0 Å². The van der Waals surface area contributed by atoms with Crippen LogP contribution in [0.15, 0.2) is 24.4 Å². The molecule has 1 amide bonds. The molecule has 0 bridgehead atoms. The molecular weight excluding hydrogens is 423 g/mol.